The average molecular weight is 426 g/mol. The number of pyridine rings is 1. The third-order valence-corrected chi connectivity index (χ3v) is 5.98. The van der Waals surface area contributed by atoms with Gasteiger partial charge in [-0.3, -0.25) is 9.69 Å². The van der Waals surface area contributed by atoms with Crippen LogP contribution in [0.3, 0.4) is 0 Å². The Morgan fingerprint density at radius 1 is 1.13 bits per heavy atom. The van der Waals surface area contributed by atoms with Gasteiger partial charge >= 0.3 is 0 Å². The van der Waals surface area contributed by atoms with Crippen LogP contribution >= 0.6 is 0 Å². The molecule has 1 N–H and O–H groups in total. The zero-order chi connectivity index (χ0) is 21.2. The van der Waals surface area contributed by atoms with Crippen LogP contribution in [0.1, 0.15) is 43.1 Å². The lowest BCUT2D eigenvalue weighted by molar-refractivity contribution is 0.174. The number of hydrogen-bond acceptors (Lipinski definition) is 8. The normalized spacial score (nSPS) is 17.7. The molecule has 0 bridgehead atoms. The predicted molar refractivity (Wildman–Crippen MR) is 112 cm³/mol. The second-order valence-electron chi connectivity index (χ2n) is 7.95. The van der Waals surface area contributed by atoms with E-state index < -0.39 is 0 Å². The number of tetrazole rings is 1. The second kappa shape index (κ2) is 8.64. The quantitative estimate of drug-likeness (QED) is 0.636. The number of methoxy groups -OCH3 is 1. The van der Waals surface area contributed by atoms with Crippen LogP contribution in [0.2, 0.25) is 0 Å². The predicted octanol–water partition coefficient (Wildman–Crippen LogP) is 1.86. The van der Waals surface area contributed by atoms with E-state index in [0.29, 0.717) is 41.6 Å². The molecule has 2 aromatic heterocycles. The third-order valence-electron chi connectivity index (χ3n) is 5.98. The minimum atomic E-state index is -0.344. The van der Waals surface area contributed by atoms with Crippen molar-refractivity contribution in [2.75, 3.05) is 33.6 Å². The number of fused-ring (bicyclic) bond motifs is 2. The fourth-order valence-corrected chi connectivity index (χ4v) is 4.41. The Labute approximate surface area is 179 Å². The van der Waals surface area contributed by atoms with Gasteiger partial charge in [-0.25, -0.2) is 4.68 Å². The van der Waals surface area contributed by atoms with Crippen LogP contribution in [0, 0.1) is 0 Å². The van der Waals surface area contributed by atoms with Crippen LogP contribution in [0.4, 0.5) is 0 Å². The van der Waals surface area contributed by atoms with Crippen LogP contribution in [0.5, 0.6) is 11.5 Å². The molecule has 0 aliphatic carbocycles. The van der Waals surface area contributed by atoms with E-state index in [1.807, 2.05) is 18.2 Å². The van der Waals surface area contributed by atoms with Gasteiger partial charge in [0.2, 0.25) is 6.79 Å². The Morgan fingerprint density at radius 3 is 2.68 bits per heavy atom. The highest BCUT2D eigenvalue weighted by molar-refractivity contribution is 5.83. The maximum atomic E-state index is 13.3. The molecule has 31 heavy (non-hydrogen) atoms. The molecular formula is C21H26N6O4. The second-order valence-corrected chi connectivity index (χ2v) is 7.95. The summed E-state index contributed by atoms with van der Waals surface area (Å²) in [4.78, 5) is 18.6. The number of rotatable bonds is 6. The number of likely N-dealkylation sites (tertiary alicyclic amines) is 1. The molecule has 5 rings (SSSR count). The molecular weight excluding hydrogens is 400 g/mol. The van der Waals surface area contributed by atoms with E-state index in [1.165, 1.54) is 12.8 Å². The van der Waals surface area contributed by atoms with E-state index in [9.17, 15) is 4.79 Å². The molecule has 10 nitrogen and oxygen atoms in total. The molecule has 164 valence electrons. The molecule has 0 radical (unpaired) electrons. The summed E-state index contributed by atoms with van der Waals surface area (Å²) in [6.45, 7) is 2.98. The topological polar surface area (TPSA) is 107 Å². The molecule has 3 aromatic rings. The van der Waals surface area contributed by atoms with E-state index in [1.54, 1.807) is 11.8 Å². The van der Waals surface area contributed by atoms with Gasteiger partial charge in [-0.05, 0) is 48.5 Å². The lowest BCUT2D eigenvalue weighted by atomic mass is 10.0. The molecule has 2 aliphatic rings. The first kappa shape index (κ1) is 20.0. The number of benzene rings is 1. The first-order valence-corrected chi connectivity index (χ1v) is 10.7. The number of H-pyrrole nitrogens is 1. The Balaban J connectivity index is 1.63. The van der Waals surface area contributed by atoms with Gasteiger partial charge in [0.15, 0.2) is 17.3 Å². The fourth-order valence-electron chi connectivity index (χ4n) is 4.41. The summed E-state index contributed by atoms with van der Waals surface area (Å²) in [5.41, 5.74) is 1.19. The van der Waals surface area contributed by atoms with Gasteiger partial charge in [0.05, 0.1) is 18.7 Å². The standard InChI is InChI=1S/C21H26N6O4/c1-29-9-8-27-20(23-24-25-27)19(26-6-4-2-3-5-7-26)15-10-14-11-17-18(31-13-30-17)12-16(14)22-21(15)28/h10-12,19H,2-9,13H2,1H3,(H,22,28)/t19-/m0/s1. The Morgan fingerprint density at radius 2 is 1.90 bits per heavy atom. The van der Waals surface area contributed by atoms with Crippen molar-refractivity contribution in [3.63, 3.8) is 0 Å². The van der Waals surface area contributed by atoms with Gasteiger partial charge < -0.3 is 19.2 Å². The van der Waals surface area contributed by atoms with Crippen molar-refractivity contribution < 1.29 is 14.2 Å². The molecule has 1 fully saturated rings. The summed E-state index contributed by atoms with van der Waals surface area (Å²) < 4.78 is 17.9. The van der Waals surface area contributed by atoms with Crippen LogP contribution in [-0.2, 0) is 11.3 Å². The molecule has 0 saturated carbocycles. The van der Waals surface area contributed by atoms with Crippen LogP contribution in [0.25, 0.3) is 10.9 Å². The molecule has 2 aliphatic heterocycles. The van der Waals surface area contributed by atoms with Crippen molar-refractivity contribution in [2.24, 2.45) is 0 Å². The van der Waals surface area contributed by atoms with Crippen LogP contribution in [-0.4, -0.2) is 63.7 Å². The maximum absolute atomic E-state index is 13.3. The average Bonchev–Trinajstić information content (AvgIpc) is 3.33. The van der Waals surface area contributed by atoms with Crippen molar-refractivity contribution >= 4 is 10.9 Å². The summed E-state index contributed by atoms with van der Waals surface area (Å²) in [7, 11) is 1.65. The van der Waals surface area contributed by atoms with E-state index in [4.69, 9.17) is 14.2 Å². The smallest absolute Gasteiger partial charge is 0.253 e. The van der Waals surface area contributed by atoms with E-state index >= 15 is 0 Å². The summed E-state index contributed by atoms with van der Waals surface area (Å²) >= 11 is 0. The highest BCUT2D eigenvalue weighted by Crippen LogP contribution is 2.36. The van der Waals surface area contributed by atoms with Gasteiger partial charge in [0.25, 0.3) is 5.56 Å². The number of aromatic amines is 1. The number of hydrogen-bond donors (Lipinski definition) is 1. The summed E-state index contributed by atoms with van der Waals surface area (Å²) in [5, 5.41) is 13.3. The van der Waals surface area contributed by atoms with E-state index in [-0.39, 0.29) is 18.4 Å². The Bertz CT molecular complexity index is 1120. The number of ether oxygens (including phenoxy) is 3. The monoisotopic (exact) mass is 426 g/mol. The van der Waals surface area contributed by atoms with Crippen molar-refractivity contribution in [1.29, 1.82) is 0 Å². The molecule has 1 aromatic carbocycles. The summed E-state index contributed by atoms with van der Waals surface area (Å²) in [6, 6.07) is 5.31. The molecule has 1 saturated heterocycles. The van der Waals surface area contributed by atoms with Gasteiger partial charge in [-0.2, -0.15) is 0 Å². The van der Waals surface area contributed by atoms with Crippen LogP contribution in [0.15, 0.2) is 23.0 Å². The minimum absolute atomic E-state index is 0.151. The van der Waals surface area contributed by atoms with Crippen molar-refractivity contribution in [3.05, 3.63) is 39.9 Å². The number of aromatic nitrogens is 5. The van der Waals surface area contributed by atoms with E-state index in [0.717, 1.165) is 31.3 Å². The molecule has 10 heteroatoms. The maximum Gasteiger partial charge on any atom is 0.253 e. The molecule has 0 unspecified atom stereocenters. The molecule has 1 atom stereocenters. The first-order chi connectivity index (χ1) is 15.2. The third kappa shape index (κ3) is 3.88. The lowest BCUT2D eigenvalue weighted by Crippen LogP contribution is -2.36. The minimum Gasteiger partial charge on any atom is -0.454 e. The molecule has 0 amide bonds. The zero-order valence-corrected chi connectivity index (χ0v) is 17.5. The van der Waals surface area contributed by atoms with Gasteiger partial charge in [-0.1, -0.05) is 12.8 Å². The summed E-state index contributed by atoms with van der Waals surface area (Å²) in [5.74, 6) is 1.98. The lowest BCUT2D eigenvalue weighted by Gasteiger charge is -2.29. The first-order valence-electron chi connectivity index (χ1n) is 10.7. The highest BCUT2D eigenvalue weighted by Gasteiger charge is 2.31. The Kier molecular flexibility index (Phi) is 5.56. The number of nitrogens with one attached hydrogen (secondary N) is 1. The van der Waals surface area contributed by atoms with Crippen molar-refractivity contribution in [3.8, 4) is 11.5 Å². The van der Waals surface area contributed by atoms with Crippen molar-refractivity contribution in [1.82, 2.24) is 30.1 Å². The summed E-state index contributed by atoms with van der Waals surface area (Å²) in [6.07, 6.45) is 4.55. The van der Waals surface area contributed by atoms with Crippen LogP contribution < -0.4 is 15.0 Å². The Hall–Kier alpha value is -2.98. The fraction of sp³-hybridized carbons (Fsp3) is 0.524. The SMILES string of the molecule is COCCn1nnnc1[C@H](c1cc2cc3c(cc2[nH]c1=O)OCO3)N1CCCCCC1. The number of nitrogens with zero attached hydrogens (tertiary/aromatic N) is 5. The zero-order valence-electron chi connectivity index (χ0n) is 17.5. The largest absolute Gasteiger partial charge is 0.454 e. The van der Waals surface area contributed by atoms with Gasteiger partial charge in [0.1, 0.15) is 6.04 Å². The van der Waals surface area contributed by atoms with Gasteiger partial charge in [0, 0.05) is 24.1 Å². The van der Waals surface area contributed by atoms with Crippen molar-refractivity contribution in [2.45, 2.75) is 38.3 Å². The van der Waals surface area contributed by atoms with E-state index in [2.05, 4.69) is 25.4 Å². The molecule has 4 heterocycles. The van der Waals surface area contributed by atoms with Gasteiger partial charge in [-0.15, -0.1) is 5.10 Å². The molecule has 0 spiro atoms. The highest BCUT2D eigenvalue weighted by atomic mass is 16.7.